The Labute approximate surface area is 58.4 Å². The van der Waals surface area contributed by atoms with Gasteiger partial charge in [-0.3, -0.25) is 4.79 Å². The van der Waals surface area contributed by atoms with Crippen molar-refractivity contribution in [3.05, 3.63) is 0 Å². The van der Waals surface area contributed by atoms with Gasteiger partial charge in [0.05, 0.1) is 12.6 Å². The molecule has 0 spiro atoms. The van der Waals surface area contributed by atoms with Crippen molar-refractivity contribution in [3.63, 3.8) is 0 Å². The molecule has 0 rings (SSSR count). The minimum Gasteiger partial charge on any atom is -0.434 e. The first-order chi connectivity index (χ1) is 4.57. The zero-order valence-electron chi connectivity index (χ0n) is 5.65. The summed E-state index contributed by atoms with van der Waals surface area (Å²) in [4.78, 5) is 10.2. The van der Waals surface area contributed by atoms with Crippen molar-refractivity contribution in [2.24, 2.45) is 5.73 Å². The van der Waals surface area contributed by atoms with E-state index in [9.17, 15) is 4.79 Å². The van der Waals surface area contributed by atoms with Crippen LogP contribution in [0.5, 0.6) is 0 Å². The van der Waals surface area contributed by atoms with Gasteiger partial charge in [0.15, 0.2) is 0 Å². The molecule has 60 valence electrons. The van der Waals surface area contributed by atoms with Crippen molar-refractivity contribution in [1.82, 2.24) is 0 Å². The summed E-state index contributed by atoms with van der Waals surface area (Å²) in [5.41, 5.74) is 5.09. The molecule has 0 radical (unpaired) electrons. The monoisotopic (exact) mass is 149 g/mol. The second-order valence-corrected chi connectivity index (χ2v) is 1.85. The summed E-state index contributed by atoms with van der Waals surface area (Å²) >= 11 is 0. The molecule has 0 bridgehead atoms. The Morgan fingerprint density at radius 2 is 2.30 bits per heavy atom. The molecule has 0 aliphatic heterocycles. The maximum absolute atomic E-state index is 10.2. The van der Waals surface area contributed by atoms with Crippen LogP contribution in [0.1, 0.15) is 6.92 Å². The Morgan fingerprint density at radius 1 is 1.80 bits per heavy atom. The fourth-order valence-electron chi connectivity index (χ4n) is 0.348. The molecule has 0 aliphatic carbocycles. The summed E-state index contributed by atoms with van der Waals surface area (Å²) in [6.07, 6.45) is -1.41. The van der Waals surface area contributed by atoms with Gasteiger partial charge in [0.2, 0.25) is 6.29 Å². The quantitative estimate of drug-likeness (QED) is 0.325. The topological polar surface area (TPSA) is 92.8 Å². The maximum atomic E-state index is 10.2. The third kappa shape index (κ3) is 3.39. The summed E-state index contributed by atoms with van der Waals surface area (Å²) < 4.78 is 4.23. The van der Waals surface area contributed by atoms with Gasteiger partial charge in [-0.1, -0.05) is 0 Å². The van der Waals surface area contributed by atoms with Crippen LogP contribution in [0.15, 0.2) is 0 Å². The van der Waals surface area contributed by atoms with Crippen LogP contribution in [0.2, 0.25) is 0 Å². The number of ether oxygens (including phenoxy) is 1. The van der Waals surface area contributed by atoms with Crippen molar-refractivity contribution in [1.29, 1.82) is 0 Å². The third-order valence-electron chi connectivity index (χ3n) is 0.864. The van der Waals surface area contributed by atoms with Crippen molar-refractivity contribution < 1.29 is 19.7 Å². The molecule has 5 heteroatoms. The van der Waals surface area contributed by atoms with E-state index < -0.39 is 24.9 Å². The summed E-state index contributed by atoms with van der Waals surface area (Å²) in [6, 6.07) is -0.927. The van der Waals surface area contributed by atoms with E-state index in [1.54, 1.807) is 0 Å². The Morgan fingerprint density at radius 3 is 2.60 bits per heavy atom. The number of hydrogen-bond acceptors (Lipinski definition) is 5. The van der Waals surface area contributed by atoms with Gasteiger partial charge in [-0.25, -0.2) is 0 Å². The fraction of sp³-hybridized carbons (Fsp3) is 0.800. The lowest BCUT2D eigenvalue weighted by Gasteiger charge is -2.15. The number of aliphatic hydroxyl groups excluding tert-OH is 2. The van der Waals surface area contributed by atoms with Crippen LogP contribution in [-0.4, -0.2) is 35.1 Å². The molecule has 0 aliphatic rings. The lowest BCUT2D eigenvalue weighted by molar-refractivity contribution is -0.169. The molecule has 5 nitrogen and oxygen atoms in total. The lowest BCUT2D eigenvalue weighted by atomic mass is 10.3. The van der Waals surface area contributed by atoms with Gasteiger partial charge in [-0.05, 0) is 0 Å². The number of rotatable bonds is 3. The van der Waals surface area contributed by atoms with Crippen LogP contribution in [0, 0.1) is 0 Å². The predicted molar refractivity (Wildman–Crippen MR) is 32.8 cm³/mol. The van der Waals surface area contributed by atoms with Crippen molar-refractivity contribution in [3.8, 4) is 0 Å². The number of esters is 1. The Hall–Kier alpha value is -0.650. The standard InChI is InChI=1S/C5H11NO4/c1-3(8)10-5(9)4(6)2-7/h4-5,7,9H,2,6H2,1H3. The molecule has 0 amide bonds. The van der Waals surface area contributed by atoms with Gasteiger partial charge >= 0.3 is 5.97 Å². The number of carbonyl (C=O) groups is 1. The molecule has 0 aromatic carbocycles. The van der Waals surface area contributed by atoms with E-state index in [0.717, 1.165) is 6.92 Å². The smallest absolute Gasteiger partial charge is 0.304 e. The molecule has 2 unspecified atom stereocenters. The molecule has 2 atom stereocenters. The van der Waals surface area contributed by atoms with Crippen LogP contribution in [0.25, 0.3) is 0 Å². The number of nitrogens with two attached hydrogens (primary N) is 1. The molecular weight excluding hydrogens is 138 g/mol. The van der Waals surface area contributed by atoms with E-state index in [1.165, 1.54) is 0 Å². The average Bonchev–Trinajstić information content (AvgIpc) is 1.85. The highest BCUT2D eigenvalue weighted by atomic mass is 16.6. The van der Waals surface area contributed by atoms with E-state index in [-0.39, 0.29) is 0 Å². The van der Waals surface area contributed by atoms with E-state index in [2.05, 4.69) is 4.74 Å². The predicted octanol–water partition coefficient (Wildman–Crippen LogP) is -1.81. The van der Waals surface area contributed by atoms with Crippen LogP contribution in [-0.2, 0) is 9.53 Å². The van der Waals surface area contributed by atoms with E-state index >= 15 is 0 Å². The summed E-state index contributed by atoms with van der Waals surface area (Å²) in [5.74, 6) is -0.628. The number of carbonyl (C=O) groups excluding carboxylic acids is 1. The fourth-order valence-corrected chi connectivity index (χ4v) is 0.348. The first-order valence-corrected chi connectivity index (χ1v) is 2.79. The second-order valence-electron chi connectivity index (χ2n) is 1.85. The molecular formula is C5H11NO4. The number of hydrogen-bond donors (Lipinski definition) is 3. The van der Waals surface area contributed by atoms with E-state index in [4.69, 9.17) is 15.9 Å². The number of aliphatic hydroxyl groups is 2. The van der Waals surface area contributed by atoms with Crippen molar-refractivity contribution in [2.75, 3.05) is 6.61 Å². The first kappa shape index (κ1) is 9.35. The Balaban J connectivity index is 3.61. The van der Waals surface area contributed by atoms with Crippen molar-refractivity contribution in [2.45, 2.75) is 19.3 Å². The molecule has 0 saturated carbocycles. The summed E-state index contributed by atoms with van der Waals surface area (Å²) in [7, 11) is 0. The largest absolute Gasteiger partial charge is 0.434 e. The molecule has 10 heavy (non-hydrogen) atoms. The van der Waals surface area contributed by atoms with Crippen LogP contribution >= 0.6 is 0 Å². The molecule has 0 saturated heterocycles. The molecule has 0 aromatic rings. The van der Waals surface area contributed by atoms with Gasteiger partial charge in [0, 0.05) is 6.92 Å². The molecule has 0 fully saturated rings. The highest BCUT2D eigenvalue weighted by Gasteiger charge is 2.15. The van der Waals surface area contributed by atoms with Crippen LogP contribution in [0.3, 0.4) is 0 Å². The Bertz CT molecular complexity index is 116. The maximum Gasteiger partial charge on any atom is 0.304 e. The highest BCUT2D eigenvalue weighted by molar-refractivity contribution is 5.66. The molecule has 4 N–H and O–H groups in total. The molecule has 0 heterocycles. The minimum absolute atomic E-state index is 0.422. The SMILES string of the molecule is CC(=O)OC(O)C(N)CO. The second kappa shape index (κ2) is 4.21. The zero-order valence-corrected chi connectivity index (χ0v) is 5.65. The normalized spacial score (nSPS) is 16.0. The van der Waals surface area contributed by atoms with Crippen LogP contribution < -0.4 is 5.73 Å². The van der Waals surface area contributed by atoms with Gasteiger partial charge in [0.1, 0.15) is 0 Å². The van der Waals surface area contributed by atoms with Gasteiger partial charge < -0.3 is 20.7 Å². The van der Waals surface area contributed by atoms with Gasteiger partial charge in [-0.2, -0.15) is 0 Å². The average molecular weight is 149 g/mol. The summed E-state index contributed by atoms with van der Waals surface area (Å²) in [5, 5.41) is 17.1. The Kier molecular flexibility index (Phi) is 3.94. The van der Waals surface area contributed by atoms with E-state index in [0.29, 0.717) is 0 Å². The lowest BCUT2D eigenvalue weighted by Crippen LogP contribution is -2.40. The van der Waals surface area contributed by atoms with Gasteiger partial charge in [-0.15, -0.1) is 0 Å². The zero-order chi connectivity index (χ0) is 8.15. The highest BCUT2D eigenvalue weighted by Crippen LogP contribution is 1.91. The van der Waals surface area contributed by atoms with Crippen LogP contribution in [0.4, 0.5) is 0 Å². The molecule has 0 aromatic heterocycles. The third-order valence-corrected chi connectivity index (χ3v) is 0.864. The van der Waals surface area contributed by atoms with Gasteiger partial charge in [0.25, 0.3) is 0 Å². The van der Waals surface area contributed by atoms with E-state index in [1.807, 2.05) is 0 Å². The first-order valence-electron chi connectivity index (χ1n) is 2.79. The summed E-state index contributed by atoms with van der Waals surface area (Å²) in [6.45, 7) is 0.724. The van der Waals surface area contributed by atoms with Crippen molar-refractivity contribution >= 4 is 5.97 Å². The minimum atomic E-state index is -1.41.